The molecule has 0 aromatic carbocycles. The molecule has 13 heavy (non-hydrogen) atoms. The number of aromatic nitrogens is 2. The minimum atomic E-state index is -0.172. The lowest BCUT2D eigenvalue weighted by molar-refractivity contribution is -0.123. The van der Waals surface area contributed by atoms with Gasteiger partial charge in [-0.05, 0) is 13.3 Å². The molecular formula is C9H15N3O. The van der Waals surface area contributed by atoms with Gasteiger partial charge in [0.15, 0.2) is 0 Å². The minimum absolute atomic E-state index is 0.0415. The Morgan fingerprint density at radius 3 is 3.00 bits per heavy atom. The second-order valence-corrected chi connectivity index (χ2v) is 2.98. The summed E-state index contributed by atoms with van der Waals surface area (Å²) in [7, 11) is 0. The average Bonchev–Trinajstić information content (AvgIpc) is 2.65. The van der Waals surface area contributed by atoms with Gasteiger partial charge in [-0.1, -0.05) is 6.92 Å². The summed E-state index contributed by atoms with van der Waals surface area (Å²) < 4.78 is 1.78. The lowest BCUT2D eigenvalue weighted by Crippen LogP contribution is -2.30. The Labute approximate surface area is 78.0 Å². The number of imidazole rings is 1. The molecule has 4 nitrogen and oxygen atoms in total. The first kappa shape index (κ1) is 9.77. The molecule has 1 aromatic rings. The molecular weight excluding hydrogens is 166 g/mol. The molecule has 0 aliphatic carbocycles. The molecule has 0 saturated carbocycles. The van der Waals surface area contributed by atoms with Crippen LogP contribution in [-0.2, 0) is 4.79 Å². The van der Waals surface area contributed by atoms with Crippen LogP contribution in [0.25, 0.3) is 0 Å². The second kappa shape index (κ2) is 4.64. The van der Waals surface area contributed by atoms with Gasteiger partial charge in [0.1, 0.15) is 6.04 Å². The van der Waals surface area contributed by atoms with Gasteiger partial charge in [-0.3, -0.25) is 4.79 Å². The standard InChI is InChI=1S/C9H15N3O/c1-3-4-11-9(13)8(2)12-6-5-10-7-12/h5-8H,3-4H2,1-2H3,(H,11,13). The Kier molecular flexibility index (Phi) is 3.49. The van der Waals surface area contributed by atoms with E-state index < -0.39 is 0 Å². The first-order valence-corrected chi connectivity index (χ1v) is 4.51. The van der Waals surface area contributed by atoms with Crippen LogP contribution in [0.4, 0.5) is 0 Å². The maximum Gasteiger partial charge on any atom is 0.242 e. The fraction of sp³-hybridized carbons (Fsp3) is 0.556. The van der Waals surface area contributed by atoms with Crippen molar-refractivity contribution in [1.29, 1.82) is 0 Å². The molecule has 1 rings (SSSR count). The van der Waals surface area contributed by atoms with Crippen molar-refractivity contribution in [1.82, 2.24) is 14.9 Å². The van der Waals surface area contributed by atoms with Crippen LogP contribution in [0, 0.1) is 0 Å². The van der Waals surface area contributed by atoms with Crippen molar-refractivity contribution in [2.24, 2.45) is 0 Å². The summed E-state index contributed by atoms with van der Waals surface area (Å²) in [4.78, 5) is 15.3. The molecule has 0 aliphatic heterocycles. The maximum atomic E-state index is 11.4. The zero-order valence-corrected chi connectivity index (χ0v) is 8.03. The fourth-order valence-corrected chi connectivity index (χ4v) is 1.03. The summed E-state index contributed by atoms with van der Waals surface area (Å²) in [5, 5.41) is 2.83. The van der Waals surface area contributed by atoms with Crippen molar-refractivity contribution in [3.8, 4) is 0 Å². The third kappa shape index (κ3) is 2.57. The third-order valence-corrected chi connectivity index (χ3v) is 1.90. The number of rotatable bonds is 4. The summed E-state index contributed by atoms with van der Waals surface area (Å²) in [6.07, 6.45) is 6.07. The molecule has 1 atom stereocenters. The highest BCUT2D eigenvalue weighted by atomic mass is 16.2. The van der Waals surface area contributed by atoms with Gasteiger partial charge in [0, 0.05) is 18.9 Å². The number of carbonyl (C=O) groups is 1. The highest BCUT2D eigenvalue weighted by Gasteiger charge is 2.12. The first-order chi connectivity index (χ1) is 6.25. The molecule has 1 aromatic heterocycles. The van der Waals surface area contributed by atoms with E-state index in [2.05, 4.69) is 10.3 Å². The SMILES string of the molecule is CCCNC(=O)C(C)n1ccnc1. The number of amides is 1. The van der Waals surface area contributed by atoms with Crippen LogP contribution in [0.2, 0.25) is 0 Å². The number of carbonyl (C=O) groups excluding carboxylic acids is 1. The van der Waals surface area contributed by atoms with E-state index in [1.165, 1.54) is 0 Å². The predicted molar refractivity (Wildman–Crippen MR) is 50.2 cm³/mol. The quantitative estimate of drug-likeness (QED) is 0.752. The predicted octanol–water partition coefficient (Wildman–Crippen LogP) is 0.970. The van der Waals surface area contributed by atoms with E-state index in [-0.39, 0.29) is 11.9 Å². The summed E-state index contributed by atoms with van der Waals surface area (Å²) in [5.74, 6) is 0.0415. The molecule has 0 aliphatic rings. The van der Waals surface area contributed by atoms with Crippen LogP contribution in [0.15, 0.2) is 18.7 Å². The van der Waals surface area contributed by atoms with E-state index in [1.54, 1.807) is 23.3 Å². The van der Waals surface area contributed by atoms with Gasteiger partial charge >= 0.3 is 0 Å². The van der Waals surface area contributed by atoms with Crippen LogP contribution >= 0.6 is 0 Å². The molecule has 0 fully saturated rings. The topological polar surface area (TPSA) is 46.9 Å². The zero-order chi connectivity index (χ0) is 9.68. The molecule has 4 heteroatoms. The molecule has 0 spiro atoms. The fourth-order valence-electron chi connectivity index (χ4n) is 1.03. The van der Waals surface area contributed by atoms with Gasteiger partial charge in [0.25, 0.3) is 0 Å². The van der Waals surface area contributed by atoms with Crippen molar-refractivity contribution in [2.75, 3.05) is 6.54 Å². The average molecular weight is 181 g/mol. The Bertz CT molecular complexity index is 256. The van der Waals surface area contributed by atoms with Crippen LogP contribution in [0.3, 0.4) is 0 Å². The van der Waals surface area contributed by atoms with Gasteiger partial charge in [-0.15, -0.1) is 0 Å². The van der Waals surface area contributed by atoms with E-state index >= 15 is 0 Å². The molecule has 0 bridgehead atoms. The number of hydrogen-bond acceptors (Lipinski definition) is 2. The van der Waals surface area contributed by atoms with Crippen LogP contribution in [0.5, 0.6) is 0 Å². The van der Waals surface area contributed by atoms with Gasteiger partial charge in [-0.2, -0.15) is 0 Å². The first-order valence-electron chi connectivity index (χ1n) is 4.51. The van der Waals surface area contributed by atoms with Crippen LogP contribution in [-0.4, -0.2) is 22.0 Å². The van der Waals surface area contributed by atoms with Gasteiger partial charge in [-0.25, -0.2) is 4.98 Å². The smallest absolute Gasteiger partial charge is 0.242 e. The lowest BCUT2D eigenvalue weighted by Gasteiger charge is -2.12. The van der Waals surface area contributed by atoms with Crippen LogP contribution < -0.4 is 5.32 Å². The summed E-state index contributed by atoms with van der Waals surface area (Å²) in [6, 6.07) is -0.172. The van der Waals surface area contributed by atoms with E-state index in [4.69, 9.17) is 0 Å². The normalized spacial score (nSPS) is 12.5. The Morgan fingerprint density at radius 2 is 2.46 bits per heavy atom. The van der Waals surface area contributed by atoms with E-state index in [0.717, 1.165) is 13.0 Å². The van der Waals surface area contributed by atoms with Gasteiger partial charge in [0.05, 0.1) is 6.33 Å². The highest BCUT2D eigenvalue weighted by molar-refractivity contribution is 5.79. The van der Waals surface area contributed by atoms with E-state index in [0.29, 0.717) is 0 Å². The van der Waals surface area contributed by atoms with Crippen LogP contribution in [0.1, 0.15) is 26.3 Å². The van der Waals surface area contributed by atoms with Crippen molar-refractivity contribution in [3.63, 3.8) is 0 Å². The molecule has 0 saturated heterocycles. The van der Waals surface area contributed by atoms with Crippen molar-refractivity contribution < 1.29 is 4.79 Å². The van der Waals surface area contributed by atoms with E-state index in [9.17, 15) is 4.79 Å². The van der Waals surface area contributed by atoms with Crippen molar-refractivity contribution in [2.45, 2.75) is 26.3 Å². The maximum absolute atomic E-state index is 11.4. The summed E-state index contributed by atoms with van der Waals surface area (Å²) in [5.41, 5.74) is 0. The van der Waals surface area contributed by atoms with Gasteiger partial charge in [0.2, 0.25) is 5.91 Å². The zero-order valence-electron chi connectivity index (χ0n) is 8.03. The number of hydrogen-bond donors (Lipinski definition) is 1. The second-order valence-electron chi connectivity index (χ2n) is 2.98. The molecule has 0 radical (unpaired) electrons. The molecule has 1 unspecified atom stereocenters. The molecule has 1 amide bonds. The highest BCUT2D eigenvalue weighted by Crippen LogP contribution is 2.03. The molecule has 1 heterocycles. The lowest BCUT2D eigenvalue weighted by atomic mass is 10.3. The third-order valence-electron chi connectivity index (χ3n) is 1.90. The minimum Gasteiger partial charge on any atom is -0.354 e. The monoisotopic (exact) mass is 181 g/mol. The Hall–Kier alpha value is -1.32. The van der Waals surface area contributed by atoms with Crippen molar-refractivity contribution >= 4 is 5.91 Å². The largest absolute Gasteiger partial charge is 0.354 e. The molecule has 1 N–H and O–H groups in total. The Balaban J connectivity index is 2.48. The van der Waals surface area contributed by atoms with Crippen molar-refractivity contribution in [3.05, 3.63) is 18.7 Å². The number of nitrogens with one attached hydrogen (secondary N) is 1. The Morgan fingerprint density at radius 1 is 1.69 bits per heavy atom. The molecule has 72 valence electrons. The summed E-state index contributed by atoms with van der Waals surface area (Å²) in [6.45, 7) is 4.62. The summed E-state index contributed by atoms with van der Waals surface area (Å²) >= 11 is 0. The number of nitrogens with zero attached hydrogens (tertiary/aromatic N) is 2. The van der Waals surface area contributed by atoms with Gasteiger partial charge < -0.3 is 9.88 Å². The van der Waals surface area contributed by atoms with E-state index in [1.807, 2.05) is 13.8 Å².